The van der Waals surface area contributed by atoms with Crippen LogP contribution < -0.4 is 5.32 Å². The van der Waals surface area contributed by atoms with E-state index in [0.717, 1.165) is 12.1 Å². The summed E-state index contributed by atoms with van der Waals surface area (Å²) in [7, 11) is 1.87. The first kappa shape index (κ1) is 19.5. The highest BCUT2D eigenvalue weighted by atomic mass is 16.2. The molecule has 1 atom stereocenters. The van der Waals surface area contributed by atoms with Crippen LogP contribution in [0.5, 0.6) is 0 Å². The first-order chi connectivity index (χ1) is 11.9. The zero-order valence-electron chi connectivity index (χ0n) is 16.0. The molecule has 138 valence electrons. The van der Waals surface area contributed by atoms with Crippen molar-refractivity contribution in [1.29, 1.82) is 0 Å². The maximum Gasteiger partial charge on any atom is 0.252 e. The third kappa shape index (κ3) is 5.32. The molecule has 0 heterocycles. The summed E-state index contributed by atoms with van der Waals surface area (Å²) >= 11 is 0. The van der Waals surface area contributed by atoms with Gasteiger partial charge in [0.05, 0.1) is 0 Å². The van der Waals surface area contributed by atoms with Crippen molar-refractivity contribution in [3.8, 4) is 0 Å². The fraction of sp³-hybridized carbons (Fsp3) is 0.619. The molecule has 0 aliphatic heterocycles. The van der Waals surface area contributed by atoms with Gasteiger partial charge in [-0.1, -0.05) is 51.3 Å². The molecule has 2 amide bonds. The molecule has 0 spiro atoms. The number of rotatable bonds is 6. The number of carbonyl (C=O) groups is 2. The van der Waals surface area contributed by atoms with Gasteiger partial charge in [0.2, 0.25) is 5.91 Å². The largest absolute Gasteiger partial charge is 0.344 e. The monoisotopic (exact) mass is 344 g/mol. The summed E-state index contributed by atoms with van der Waals surface area (Å²) in [5.41, 5.74) is 1.56. The lowest BCUT2D eigenvalue weighted by atomic mass is 9.89. The lowest BCUT2D eigenvalue weighted by Gasteiger charge is -2.31. The molecule has 1 saturated carbocycles. The number of carbonyl (C=O) groups excluding carboxylic acids is 2. The smallest absolute Gasteiger partial charge is 0.252 e. The van der Waals surface area contributed by atoms with Gasteiger partial charge in [0.25, 0.3) is 5.91 Å². The van der Waals surface area contributed by atoms with Crippen LogP contribution in [0.2, 0.25) is 0 Å². The fourth-order valence-electron chi connectivity index (χ4n) is 3.64. The van der Waals surface area contributed by atoms with Crippen LogP contribution >= 0.6 is 0 Å². The molecule has 4 heteroatoms. The van der Waals surface area contributed by atoms with E-state index in [0.29, 0.717) is 11.5 Å². The van der Waals surface area contributed by atoms with Gasteiger partial charge in [0.1, 0.15) is 6.04 Å². The number of nitrogens with zero attached hydrogens (tertiary/aromatic N) is 1. The lowest BCUT2D eigenvalue weighted by molar-refractivity contribution is -0.133. The van der Waals surface area contributed by atoms with Crippen LogP contribution in [0, 0.1) is 18.8 Å². The number of nitrogens with one attached hydrogen (secondary N) is 1. The summed E-state index contributed by atoms with van der Waals surface area (Å²) in [6.45, 7) is 6.67. The number of aryl methyl sites for hydroxylation is 1. The second kappa shape index (κ2) is 9.02. The zero-order chi connectivity index (χ0) is 18.4. The number of amides is 2. The van der Waals surface area contributed by atoms with Crippen LogP contribution in [-0.4, -0.2) is 36.3 Å². The summed E-state index contributed by atoms with van der Waals surface area (Å²) in [6.07, 6.45) is 6.27. The molecular weight excluding hydrogens is 312 g/mol. The number of benzene rings is 1. The third-order valence-corrected chi connectivity index (χ3v) is 5.24. The quantitative estimate of drug-likeness (QED) is 0.853. The summed E-state index contributed by atoms with van der Waals surface area (Å²) < 4.78 is 0. The standard InChI is InChI=1S/C21H32N2O2/c1-15(2)19(22-20(24)18-13-9-8-10-16(18)3)21(25)23(4)14-17-11-6-5-7-12-17/h8-10,13,15,17,19H,5-7,11-12,14H2,1-4H3,(H,22,24). The minimum Gasteiger partial charge on any atom is -0.344 e. The van der Waals surface area contributed by atoms with E-state index >= 15 is 0 Å². The van der Waals surface area contributed by atoms with E-state index in [2.05, 4.69) is 5.32 Å². The topological polar surface area (TPSA) is 49.4 Å². The van der Waals surface area contributed by atoms with E-state index < -0.39 is 6.04 Å². The van der Waals surface area contributed by atoms with Crippen LogP contribution in [-0.2, 0) is 4.79 Å². The molecule has 4 nitrogen and oxygen atoms in total. The highest BCUT2D eigenvalue weighted by Crippen LogP contribution is 2.24. The van der Waals surface area contributed by atoms with E-state index in [4.69, 9.17) is 0 Å². The summed E-state index contributed by atoms with van der Waals surface area (Å²) in [4.78, 5) is 27.4. The molecule has 1 aromatic rings. The Kier molecular flexibility index (Phi) is 7.03. The molecular formula is C21H32N2O2. The van der Waals surface area contributed by atoms with E-state index in [9.17, 15) is 9.59 Å². The Morgan fingerprint density at radius 2 is 1.80 bits per heavy atom. The molecule has 0 aromatic heterocycles. The zero-order valence-corrected chi connectivity index (χ0v) is 16.0. The van der Waals surface area contributed by atoms with Gasteiger partial charge in [0, 0.05) is 19.2 Å². The molecule has 1 aliphatic carbocycles. The van der Waals surface area contributed by atoms with Gasteiger partial charge in [-0.15, -0.1) is 0 Å². The highest BCUT2D eigenvalue weighted by Gasteiger charge is 2.29. The van der Waals surface area contributed by atoms with Crippen molar-refractivity contribution in [3.05, 3.63) is 35.4 Å². The van der Waals surface area contributed by atoms with E-state index in [1.807, 2.05) is 50.9 Å². The van der Waals surface area contributed by atoms with Crippen LogP contribution in [0.25, 0.3) is 0 Å². The molecule has 1 unspecified atom stereocenters. The van der Waals surface area contributed by atoms with Crippen molar-refractivity contribution in [2.24, 2.45) is 11.8 Å². The van der Waals surface area contributed by atoms with Crippen molar-refractivity contribution in [1.82, 2.24) is 10.2 Å². The van der Waals surface area contributed by atoms with Gasteiger partial charge in [-0.05, 0) is 43.2 Å². The van der Waals surface area contributed by atoms with Gasteiger partial charge < -0.3 is 10.2 Å². The molecule has 1 aliphatic rings. The van der Waals surface area contributed by atoms with Crippen molar-refractivity contribution in [3.63, 3.8) is 0 Å². The van der Waals surface area contributed by atoms with Gasteiger partial charge in [-0.3, -0.25) is 9.59 Å². The predicted octanol–water partition coefficient (Wildman–Crippen LogP) is 3.79. The second-order valence-corrected chi connectivity index (χ2v) is 7.73. The fourth-order valence-corrected chi connectivity index (χ4v) is 3.64. The molecule has 25 heavy (non-hydrogen) atoms. The first-order valence-electron chi connectivity index (χ1n) is 9.51. The number of hydrogen-bond donors (Lipinski definition) is 1. The summed E-state index contributed by atoms with van der Waals surface area (Å²) in [5, 5.41) is 2.96. The minimum atomic E-state index is -0.485. The highest BCUT2D eigenvalue weighted by molar-refractivity contribution is 5.98. The second-order valence-electron chi connectivity index (χ2n) is 7.73. The Morgan fingerprint density at radius 1 is 1.16 bits per heavy atom. The molecule has 1 aromatic carbocycles. The predicted molar refractivity (Wildman–Crippen MR) is 101 cm³/mol. The van der Waals surface area contributed by atoms with E-state index in [1.54, 1.807) is 6.07 Å². The molecule has 0 saturated heterocycles. The number of likely N-dealkylation sites (N-methyl/N-ethyl adjacent to an activating group) is 1. The van der Waals surface area contributed by atoms with Crippen LogP contribution in [0.4, 0.5) is 0 Å². The van der Waals surface area contributed by atoms with E-state index in [1.165, 1.54) is 32.1 Å². The van der Waals surface area contributed by atoms with Crippen LogP contribution in [0.1, 0.15) is 61.9 Å². The Morgan fingerprint density at radius 3 is 2.40 bits per heavy atom. The van der Waals surface area contributed by atoms with Gasteiger partial charge in [-0.25, -0.2) is 0 Å². The van der Waals surface area contributed by atoms with Crippen molar-refractivity contribution < 1.29 is 9.59 Å². The SMILES string of the molecule is Cc1ccccc1C(=O)NC(C(=O)N(C)CC1CCCCC1)C(C)C. The van der Waals surface area contributed by atoms with Crippen LogP contribution in [0.15, 0.2) is 24.3 Å². The maximum atomic E-state index is 12.9. The minimum absolute atomic E-state index is 0.0162. The first-order valence-corrected chi connectivity index (χ1v) is 9.51. The molecule has 1 N–H and O–H groups in total. The molecule has 1 fully saturated rings. The van der Waals surface area contributed by atoms with Crippen molar-refractivity contribution in [2.75, 3.05) is 13.6 Å². The van der Waals surface area contributed by atoms with Gasteiger partial charge in [0.15, 0.2) is 0 Å². The van der Waals surface area contributed by atoms with Gasteiger partial charge in [-0.2, -0.15) is 0 Å². The summed E-state index contributed by atoms with van der Waals surface area (Å²) in [6, 6.07) is 6.99. The Hall–Kier alpha value is -1.84. The molecule has 0 bridgehead atoms. The van der Waals surface area contributed by atoms with Crippen LogP contribution in [0.3, 0.4) is 0 Å². The summed E-state index contributed by atoms with van der Waals surface area (Å²) in [5.74, 6) is 0.496. The Labute approximate surface area is 152 Å². The Balaban J connectivity index is 2.02. The van der Waals surface area contributed by atoms with Crippen molar-refractivity contribution in [2.45, 2.75) is 58.9 Å². The average Bonchev–Trinajstić information content (AvgIpc) is 2.59. The van der Waals surface area contributed by atoms with Gasteiger partial charge >= 0.3 is 0 Å². The normalized spacial score (nSPS) is 16.5. The average molecular weight is 344 g/mol. The lowest BCUT2D eigenvalue weighted by Crippen LogP contribution is -2.51. The van der Waals surface area contributed by atoms with E-state index in [-0.39, 0.29) is 17.7 Å². The Bertz CT molecular complexity index is 591. The third-order valence-electron chi connectivity index (χ3n) is 5.24. The number of hydrogen-bond acceptors (Lipinski definition) is 2. The van der Waals surface area contributed by atoms with Crippen molar-refractivity contribution >= 4 is 11.8 Å². The molecule has 2 rings (SSSR count). The maximum absolute atomic E-state index is 12.9. The molecule has 0 radical (unpaired) electrons.